The Morgan fingerprint density at radius 3 is 2.94 bits per heavy atom. The fourth-order valence-electron chi connectivity index (χ4n) is 2.31. The van der Waals surface area contributed by atoms with Crippen LogP contribution in [0.2, 0.25) is 10.0 Å². The largest absolute Gasteiger partial charge is 0.338 e. The Balaban J connectivity index is 2.08. The van der Waals surface area contributed by atoms with Crippen LogP contribution in [0.25, 0.3) is 0 Å². The molecule has 1 aromatic rings. The summed E-state index contributed by atoms with van der Waals surface area (Å²) in [5, 5.41) is 4.11. The third-order valence-electron chi connectivity index (χ3n) is 3.23. The number of nitrogens with zero attached hydrogens (tertiary/aromatic N) is 1. The molecule has 1 aliphatic heterocycles. The van der Waals surface area contributed by atoms with Gasteiger partial charge in [-0.3, -0.25) is 4.79 Å². The van der Waals surface area contributed by atoms with Crippen LogP contribution in [0.3, 0.4) is 0 Å². The predicted octanol–water partition coefficient (Wildman–Crippen LogP) is 2.67. The highest BCUT2D eigenvalue weighted by molar-refractivity contribution is 6.36. The Morgan fingerprint density at radius 1 is 1.50 bits per heavy atom. The minimum Gasteiger partial charge on any atom is -0.338 e. The molecule has 3 nitrogen and oxygen atoms in total. The summed E-state index contributed by atoms with van der Waals surface area (Å²) in [7, 11) is 1.93. The SMILES string of the molecule is CNC[C@@H]1CCN(C(=O)c2ccc(Cl)cc2Cl)C1. The number of nitrogens with one attached hydrogen (secondary N) is 1. The molecule has 18 heavy (non-hydrogen) atoms. The van der Waals surface area contributed by atoms with Crippen molar-refractivity contribution in [1.29, 1.82) is 0 Å². The minimum atomic E-state index is -0.00438. The maximum atomic E-state index is 12.3. The average Bonchev–Trinajstić information content (AvgIpc) is 2.77. The van der Waals surface area contributed by atoms with Gasteiger partial charge in [-0.05, 0) is 44.1 Å². The van der Waals surface area contributed by atoms with Gasteiger partial charge in [0.15, 0.2) is 0 Å². The van der Waals surface area contributed by atoms with E-state index in [2.05, 4.69) is 5.32 Å². The number of carbonyl (C=O) groups excluding carboxylic acids is 1. The summed E-state index contributed by atoms with van der Waals surface area (Å²) in [4.78, 5) is 14.2. The van der Waals surface area contributed by atoms with E-state index in [1.54, 1.807) is 18.2 Å². The van der Waals surface area contributed by atoms with E-state index in [9.17, 15) is 4.79 Å². The number of likely N-dealkylation sites (tertiary alicyclic amines) is 1. The summed E-state index contributed by atoms with van der Waals surface area (Å²) in [5.41, 5.74) is 0.533. The van der Waals surface area contributed by atoms with Gasteiger partial charge in [-0.25, -0.2) is 0 Å². The number of amides is 1. The van der Waals surface area contributed by atoms with E-state index >= 15 is 0 Å². The Labute approximate surface area is 117 Å². The Bertz CT molecular complexity index is 451. The van der Waals surface area contributed by atoms with Gasteiger partial charge in [0.2, 0.25) is 0 Å². The van der Waals surface area contributed by atoms with E-state index < -0.39 is 0 Å². The van der Waals surface area contributed by atoms with E-state index in [1.807, 2.05) is 11.9 Å². The summed E-state index contributed by atoms with van der Waals surface area (Å²) >= 11 is 11.9. The van der Waals surface area contributed by atoms with E-state index in [0.29, 0.717) is 21.5 Å². The van der Waals surface area contributed by atoms with Crippen molar-refractivity contribution in [2.45, 2.75) is 6.42 Å². The van der Waals surface area contributed by atoms with Gasteiger partial charge in [-0.1, -0.05) is 23.2 Å². The first-order valence-corrected chi connectivity index (χ1v) is 6.76. The van der Waals surface area contributed by atoms with Crippen molar-refractivity contribution in [3.8, 4) is 0 Å². The molecule has 0 aromatic heterocycles. The van der Waals surface area contributed by atoms with Crippen LogP contribution in [0.15, 0.2) is 18.2 Å². The molecule has 98 valence electrons. The van der Waals surface area contributed by atoms with Crippen molar-refractivity contribution >= 4 is 29.1 Å². The van der Waals surface area contributed by atoms with Gasteiger partial charge in [-0.2, -0.15) is 0 Å². The fourth-order valence-corrected chi connectivity index (χ4v) is 2.79. The number of benzene rings is 1. The quantitative estimate of drug-likeness (QED) is 0.927. The van der Waals surface area contributed by atoms with Crippen LogP contribution in [0, 0.1) is 5.92 Å². The molecule has 1 saturated heterocycles. The first-order valence-electron chi connectivity index (χ1n) is 6.00. The molecule has 5 heteroatoms. The second-order valence-electron chi connectivity index (χ2n) is 4.59. The molecule has 1 fully saturated rings. The molecule has 0 spiro atoms. The van der Waals surface area contributed by atoms with E-state index in [1.165, 1.54) is 0 Å². The molecule has 0 radical (unpaired) electrons. The summed E-state index contributed by atoms with van der Waals surface area (Å²) in [6.07, 6.45) is 1.04. The van der Waals surface area contributed by atoms with Crippen molar-refractivity contribution in [2.24, 2.45) is 5.92 Å². The van der Waals surface area contributed by atoms with Crippen LogP contribution >= 0.6 is 23.2 Å². The highest BCUT2D eigenvalue weighted by Crippen LogP contribution is 2.25. The maximum absolute atomic E-state index is 12.3. The van der Waals surface area contributed by atoms with Gasteiger partial charge < -0.3 is 10.2 Å². The van der Waals surface area contributed by atoms with E-state index in [0.717, 1.165) is 26.1 Å². The smallest absolute Gasteiger partial charge is 0.255 e. The highest BCUT2D eigenvalue weighted by atomic mass is 35.5. The predicted molar refractivity (Wildman–Crippen MR) is 74.4 cm³/mol. The zero-order valence-corrected chi connectivity index (χ0v) is 11.8. The molecule has 1 heterocycles. The molecule has 1 aliphatic rings. The number of carbonyl (C=O) groups is 1. The third kappa shape index (κ3) is 2.97. The zero-order chi connectivity index (χ0) is 13.1. The van der Waals surface area contributed by atoms with Crippen molar-refractivity contribution in [1.82, 2.24) is 10.2 Å². The van der Waals surface area contributed by atoms with Crippen molar-refractivity contribution in [2.75, 3.05) is 26.7 Å². The molecule has 0 aliphatic carbocycles. The lowest BCUT2D eigenvalue weighted by Gasteiger charge is -2.17. The lowest BCUT2D eigenvalue weighted by Crippen LogP contribution is -2.30. The second-order valence-corrected chi connectivity index (χ2v) is 5.43. The summed E-state index contributed by atoms with van der Waals surface area (Å²) in [6, 6.07) is 5.00. The second kappa shape index (κ2) is 5.91. The Morgan fingerprint density at radius 2 is 2.28 bits per heavy atom. The standard InChI is InChI=1S/C13H16Cl2N2O/c1-16-7-9-4-5-17(8-9)13(18)11-3-2-10(14)6-12(11)15/h2-3,6,9,16H,4-5,7-8H2,1H3/t9-/m0/s1. The molecule has 1 N–H and O–H groups in total. The molecular formula is C13H16Cl2N2O. The van der Waals surface area contributed by atoms with Crippen LogP contribution < -0.4 is 5.32 Å². The monoisotopic (exact) mass is 286 g/mol. The summed E-state index contributed by atoms with van der Waals surface area (Å²) in [5.74, 6) is 0.528. The summed E-state index contributed by atoms with van der Waals surface area (Å²) in [6.45, 7) is 2.53. The normalized spacial score (nSPS) is 19.3. The third-order valence-corrected chi connectivity index (χ3v) is 3.78. The van der Waals surface area contributed by atoms with Gasteiger partial charge in [0.25, 0.3) is 5.91 Å². The Hall–Kier alpha value is -0.770. The maximum Gasteiger partial charge on any atom is 0.255 e. The van der Waals surface area contributed by atoms with Gasteiger partial charge in [-0.15, -0.1) is 0 Å². The van der Waals surface area contributed by atoms with Crippen molar-refractivity contribution < 1.29 is 4.79 Å². The number of rotatable bonds is 3. The van der Waals surface area contributed by atoms with Crippen molar-refractivity contribution in [3.05, 3.63) is 33.8 Å². The lowest BCUT2D eigenvalue weighted by molar-refractivity contribution is 0.0787. The van der Waals surface area contributed by atoms with Crippen LogP contribution in [0.5, 0.6) is 0 Å². The topological polar surface area (TPSA) is 32.3 Å². The number of halogens is 2. The molecule has 2 rings (SSSR count). The van der Waals surface area contributed by atoms with Gasteiger partial charge >= 0.3 is 0 Å². The van der Waals surface area contributed by atoms with Crippen molar-refractivity contribution in [3.63, 3.8) is 0 Å². The zero-order valence-electron chi connectivity index (χ0n) is 10.2. The van der Waals surface area contributed by atoms with Crippen LogP contribution in [0.1, 0.15) is 16.8 Å². The van der Waals surface area contributed by atoms with Gasteiger partial charge in [0.1, 0.15) is 0 Å². The molecular weight excluding hydrogens is 271 g/mol. The van der Waals surface area contributed by atoms with E-state index in [4.69, 9.17) is 23.2 Å². The van der Waals surface area contributed by atoms with Crippen LogP contribution in [-0.4, -0.2) is 37.5 Å². The summed E-state index contributed by atoms with van der Waals surface area (Å²) < 4.78 is 0. The lowest BCUT2D eigenvalue weighted by atomic mass is 10.1. The number of hydrogen-bond donors (Lipinski definition) is 1. The fraction of sp³-hybridized carbons (Fsp3) is 0.462. The molecule has 1 amide bonds. The molecule has 0 saturated carbocycles. The molecule has 0 unspecified atom stereocenters. The Kier molecular flexibility index (Phi) is 4.49. The van der Waals surface area contributed by atoms with E-state index in [-0.39, 0.29) is 5.91 Å². The first kappa shape index (κ1) is 13.7. The van der Waals surface area contributed by atoms with Gasteiger partial charge in [0, 0.05) is 18.1 Å². The van der Waals surface area contributed by atoms with Crippen LogP contribution in [0.4, 0.5) is 0 Å². The number of hydrogen-bond acceptors (Lipinski definition) is 2. The van der Waals surface area contributed by atoms with Gasteiger partial charge in [0.05, 0.1) is 10.6 Å². The molecule has 0 bridgehead atoms. The molecule has 1 aromatic carbocycles. The molecule has 1 atom stereocenters. The average molecular weight is 287 g/mol. The first-order chi connectivity index (χ1) is 8.61. The van der Waals surface area contributed by atoms with Crippen LogP contribution in [-0.2, 0) is 0 Å². The minimum absolute atomic E-state index is 0.00438. The highest BCUT2D eigenvalue weighted by Gasteiger charge is 2.27.